The molecule has 1 aromatic carbocycles. The SMILES string of the molecule is CN(CCC(CC1=COCO1)NCc1ccccc1)c1nc(-n2cnc(I)c2)ns1. The average Bonchev–Trinajstić information content (AvgIpc) is 3.52. The Morgan fingerprint density at radius 1 is 1.33 bits per heavy atom. The van der Waals surface area contributed by atoms with E-state index in [2.05, 4.69) is 71.4 Å². The molecule has 10 heteroatoms. The molecule has 2 aromatic heterocycles. The van der Waals surface area contributed by atoms with Crippen molar-refractivity contribution in [3.05, 3.63) is 64.1 Å². The lowest BCUT2D eigenvalue weighted by molar-refractivity contribution is 0.0762. The maximum Gasteiger partial charge on any atom is 0.248 e. The Hall–Kier alpha value is -2.18. The molecular formula is C20H23IN6O2S. The third kappa shape index (κ3) is 5.70. The third-order valence-corrected chi connectivity index (χ3v) is 6.12. The molecule has 1 atom stereocenters. The molecule has 158 valence electrons. The summed E-state index contributed by atoms with van der Waals surface area (Å²) >= 11 is 3.57. The van der Waals surface area contributed by atoms with Crippen LogP contribution in [0.1, 0.15) is 18.4 Å². The molecule has 3 aromatic rings. The Kier molecular flexibility index (Phi) is 7.18. The second-order valence-corrected chi connectivity index (χ2v) is 8.81. The molecule has 3 heterocycles. The number of nitrogens with zero attached hydrogens (tertiary/aromatic N) is 5. The van der Waals surface area contributed by atoms with Crippen LogP contribution in [0, 0.1) is 3.70 Å². The van der Waals surface area contributed by atoms with Crippen molar-refractivity contribution in [2.24, 2.45) is 0 Å². The van der Waals surface area contributed by atoms with Crippen LogP contribution in [-0.4, -0.2) is 45.3 Å². The number of imidazole rings is 1. The predicted octanol–water partition coefficient (Wildman–Crippen LogP) is 3.55. The predicted molar refractivity (Wildman–Crippen MR) is 124 cm³/mol. The van der Waals surface area contributed by atoms with Crippen molar-refractivity contribution in [3.63, 3.8) is 0 Å². The molecule has 1 aliphatic rings. The second-order valence-electron chi connectivity index (χ2n) is 6.97. The first-order valence-electron chi connectivity index (χ1n) is 9.63. The van der Waals surface area contributed by atoms with Crippen LogP contribution in [0.25, 0.3) is 5.95 Å². The van der Waals surface area contributed by atoms with Gasteiger partial charge >= 0.3 is 0 Å². The first kappa shape index (κ1) is 21.1. The van der Waals surface area contributed by atoms with Gasteiger partial charge in [-0.15, -0.1) is 0 Å². The van der Waals surface area contributed by atoms with Crippen molar-refractivity contribution in [1.82, 2.24) is 24.2 Å². The number of ether oxygens (including phenoxy) is 2. The summed E-state index contributed by atoms with van der Waals surface area (Å²) < 4.78 is 18.0. The van der Waals surface area contributed by atoms with E-state index in [4.69, 9.17) is 9.47 Å². The lowest BCUT2D eigenvalue weighted by Gasteiger charge is -2.22. The fraction of sp³-hybridized carbons (Fsp3) is 0.350. The number of hydrogen-bond acceptors (Lipinski definition) is 8. The number of rotatable bonds is 10. The van der Waals surface area contributed by atoms with Crippen LogP contribution in [0.2, 0.25) is 0 Å². The molecule has 0 spiro atoms. The van der Waals surface area contributed by atoms with E-state index in [1.807, 2.05) is 23.9 Å². The molecule has 30 heavy (non-hydrogen) atoms. The monoisotopic (exact) mass is 538 g/mol. The van der Waals surface area contributed by atoms with Crippen LogP contribution in [0.3, 0.4) is 0 Å². The van der Waals surface area contributed by atoms with Crippen molar-refractivity contribution >= 4 is 39.3 Å². The maximum atomic E-state index is 5.54. The van der Waals surface area contributed by atoms with Crippen LogP contribution in [0.15, 0.2) is 54.9 Å². The Morgan fingerprint density at radius 3 is 2.93 bits per heavy atom. The number of nitrogens with one attached hydrogen (secondary N) is 1. The molecule has 0 saturated heterocycles. The second kappa shape index (κ2) is 10.2. The van der Waals surface area contributed by atoms with Gasteiger partial charge in [-0.2, -0.15) is 9.36 Å². The summed E-state index contributed by atoms with van der Waals surface area (Å²) in [6, 6.07) is 10.7. The molecule has 0 aliphatic carbocycles. The fourth-order valence-corrected chi connectivity index (χ4v) is 4.15. The summed E-state index contributed by atoms with van der Waals surface area (Å²) in [4.78, 5) is 11.0. The summed E-state index contributed by atoms with van der Waals surface area (Å²) in [5.74, 6) is 1.54. The summed E-state index contributed by atoms with van der Waals surface area (Å²) in [6.45, 7) is 1.96. The van der Waals surface area contributed by atoms with Crippen molar-refractivity contribution in [1.29, 1.82) is 0 Å². The van der Waals surface area contributed by atoms with Gasteiger partial charge in [-0.1, -0.05) is 30.3 Å². The van der Waals surface area contributed by atoms with E-state index < -0.39 is 0 Å². The molecule has 8 nitrogen and oxygen atoms in total. The van der Waals surface area contributed by atoms with E-state index in [9.17, 15) is 0 Å². The van der Waals surface area contributed by atoms with E-state index in [1.165, 1.54) is 17.1 Å². The Morgan fingerprint density at radius 2 is 2.20 bits per heavy atom. The number of hydrogen-bond donors (Lipinski definition) is 1. The highest BCUT2D eigenvalue weighted by Crippen LogP contribution is 2.20. The molecule has 1 aliphatic heterocycles. The van der Waals surface area contributed by atoms with E-state index >= 15 is 0 Å². The highest BCUT2D eigenvalue weighted by atomic mass is 127. The van der Waals surface area contributed by atoms with Gasteiger partial charge < -0.3 is 19.7 Å². The minimum atomic E-state index is 0.253. The molecule has 4 rings (SSSR count). The summed E-state index contributed by atoms with van der Waals surface area (Å²) in [5, 5.41) is 4.54. The van der Waals surface area contributed by atoms with Crippen LogP contribution in [0.5, 0.6) is 0 Å². The van der Waals surface area contributed by atoms with E-state index in [0.29, 0.717) is 12.7 Å². The quantitative estimate of drug-likeness (QED) is 0.396. The van der Waals surface area contributed by atoms with Crippen LogP contribution < -0.4 is 10.2 Å². The molecule has 1 N–H and O–H groups in total. The highest BCUT2D eigenvalue weighted by molar-refractivity contribution is 14.1. The molecule has 0 amide bonds. The number of benzene rings is 1. The van der Waals surface area contributed by atoms with Crippen molar-refractivity contribution < 1.29 is 9.47 Å². The maximum absolute atomic E-state index is 5.54. The van der Waals surface area contributed by atoms with Crippen LogP contribution in [0.4, 0.5) is 5.13 Å². The highest BCUT2D eigenvalue weighted by Gasteiger charge is 2.17. The van der Waals surface area contributed by atoms with Gasteiger partial charge in [-0.25, -0.2) is 4.98 Å². The number of halogens is 1. The van der Waals surface area contributed by atoms with Gasteiger partial charge in [-0.3, -0.25) is 4.57 Å². The van der Waals surface area contributed by atoms with E-state index in [1.54, 1.807) is 12.6 Å². The largest absolute Gasteiger partial charge is 0.462 e. The van der Waals surface area contributed by atoms with Gasteiger partial charge in [0.25, 0.3) is 0 Å². The summed E-state index contributed by atoms with van der Waals surface area (Å²) in [7, 11) is 2.05. The molecule has 0 radical (unpaired) electrons. The minimum Gasteiger partial charge on any atom is -0.462 e. The Bertz CT molecular complexity index is 977. The zero-order valence-electron chi connectivity index (χ0n) is 16.6. The lowest BCUT2D eigenvalue weighted by atomic mass is 10.1. The van der Waals surface area contributed by atoms with Gasteiger partial charge in [0.1, 0.15) is 22.0 Å². The van der Waals surface area contributed by atoms with E-state index in [-0.39, 0.29) is 6.04 Å². The van der Waals surface area contributed by atoms with Crippen LogP contribution in [-0.2, 0) is 16.0 Å². The molecular weight excluding hydrogens is 515 g/mol. The Labute approximate surface area is 193 Å². The Balaban J connectivity index is 1.35. The molecule has 0 fully saturated rings. The van der Waals surface area contributed by atoms with Gasteiger partial charge in [0.2, 0.25) is 17.9 Å². The van der Waals surface area contributed by atoms with Crippen LogP contribution >= 0.6 is 34.1 Å². The average molecular weight is 538 g/mol. The van der Waals surface area contributed by atoms with Gasteiger partial charge in [-0.05, 0) is 34.6 Å². The van der Waals surface area contributed by atoms with Crippen molar-refractivity contribution in [3.8, 4) is 5.95 Å². The van der Waals surface area contributed by atoms with Gasteiger partial charge in [0.05, 0.1) is 0 Å². The van der Waals surface area contributed by atoms with Gasteiger partial charge in [0.15, 0.2) is 0 Å². The zero-order valence-corrected chi connectivity index (χ0v) is 19.5. The van der Waals surface area contributed by atoms with Crippen molar-refractivity contribution in [2.45, 2.75) is 25.4 Å². The fourth-order valence-electron chi connectivity index (χ4n) is 3.08. The normalized spacial score (nSPS) is 14.1. The molecule has 1 unspecified atom stereocenters. The topological polar surface area (TPSA) is 77.3 Å². The first-order chi connectivity index (χ1) is 14.7. The minimum absolute atomic E-state index is 0.253. The van der Waals surface area contributed by atoms with Gasteiger partial charge in [0, 0.05) is 50.3 Å². The zero-order chi connectivity index (χ0) is 20.8. The van der Waals surface area contributed by atoms with E-state index in [0.717, 1.165) is 40.5 Å². The molecule has 0 saturated carbocycles. The number of anilines is 1. The standard InChI is InChI=1S/C20H23IN6O2S/c1-26(20-24-19(25-30-20)27-11-18(21)23-13-27)8-7-16(9-17-12-28-14-29-17)22-10-15-5-3-2-4-6-15/h2-6,11-13,16,22H,7-10,14H2,1H3. The number of aromatic nitrogens is 4. The lowest BCUT2D eigenvalue weighted by Crippen LogP contribution is -2.33. The smallest absolute Gasteiger partial charge is 0.248 e. The van der Waals surface area contributed by atoms with Crippen molar-refractivity contribution in [2.75, 3.05) is 25.3 Å². The molecule has 0 bridgehead atoms. The summed E-state index contributed by atoms with van der Waals surface area (Å²) in [5.41, 5.74) is 1.26. The summed E-state index contributed by atoms with van der Waals surface area (Å²) in [6.07, 6.45) is 7.07. The third-order valence-electron chi connectivity index (χ3n) is 4.74. The first-order valence-corrected chi connectivity index (χ1v) is 11.5.